The van der Waals surface area contributed by atoms with Crippen molar-refractivity contribution in [3.63, 3.8) is 0 Å². The predicted octanol–water partition coefficient (Wildman–Crippen LogP) is 3.11. The van der Waals surface area contributed by atoms with Crippen LogP contribution >= 0.6 is 11.3 Å². The third-order valence-corrected chi connectivity index (χ3v) is 4.62. The Kier molecular flexibility index (Phi) is 5.03. The molecule has 1 aliphatic heterocycles. The van der Waals surface area contributed by atoms with Gasteiger partial charge < -0.3 is 4.90 Å². The first-order valence-electron chi connectivity index (χ1n) is 7.57. The number of nitrogens with zero attached hydrogens (tertiary/aromatic N) is 2. The molecule has 22 heavy (non-hydrogen) atoms. The third-order valence-electron chi connectivity index (χ3n) is 3.89. The molecule has 114 valence electrons. The van der Waals surface area contributed by atoms with Gasteiger partial charge in [-0.15, -0.1) is 0 Å². The highest BCUT2D eigenvalue weighted by atomic mass is 32.1. The standard InChI is InChI=1S/C18H20N2OS/c21-18(7-6-16-4-2-1-3-5-16)20-11-9-19(10-12-20)14-17-8-13-22-15-17/h1-8,13,15H,9-12,14H2/b7-6+. The number of hydrogen-bond acceptors (Lipinski definition) is 3. The molecule has 0 unspecified atom stereocenters. The lowest BCUT2D eigenvalue weighted by atomic mass is 10.2. The summed E-state index contributed by atoms with van der Waals surface area (Å²) in [6, 6.07) is 12.1. The van der Waals surface area contributed by atoms with Crippen LogP contribution in [-0.4, -0.2) is 41.9 Å². The summed E-state index contributed by atoms with van der Waals surface area (Å²) in [7, 11) is 0. The van der Waals surface area contributed by atoms with E-state index in [0.29, 0.717) is 0 Å². The number of thiophene rings is 1. The second-order valence-corrected chi connectivity index (χ2v) is 6.26. The van der Waals surface area contributed by atoms with Gasteiger partial charge in [-0.05, 0) is 34.0 Å². The molecule has 1 saturated heterocycles. The Balaban J connectivity index is 1.48. The van der Waals surface area contributed by atoms with Crippen molar-refractivity contribution >= 4 is 23.3 Å². The van der Waals surface area contributed by atoms with Crippen molar-refractivity contribution in [2.24, 2.45) is 0 Å². The summed E-state index contributed by atoms with van der Waals surface area (Å²) in [5, 5.41) is 4.31. The van der Waals surface area contributed by atoms with Crippen LogP contribution in [0.2, 0.25) is 0 Å². The number of rotatable bonds is 4. The summed E-state index contributed by atoms with van der Waals surface area (Å²) >= 11 is 1.74. The number of amides is 1. The van der Waals surface area contributed by atoms with E-state index >= 15 is 0 Å². The highest BCUT2D eigenvalue weighted by molar-refractivity contribution is 7.07. The fourth-order valence-corrected chi connectivity index (χ4v) is 3.26. The Morgan fingerprint density at radius 3 is 2.55 bits per heavy atom. The maximum absolute atomic E-state index is 12.2. The van der Waals surface area contributed by atoms with Crippen molar-refractivity contribution in [2.75, 3.05) is 26.2 Å². The molecular weight excluding hydrogens is 292 g/mol. The third kappa shape index (κ3) is 4.06. The molecule has 2 heterocycles. The summed E-state index contributed by atoms with van der Waals surface area (Å²) in [6.45, 7) is 4.50. The van der Waals surface area contributed by atoms with Crippen molar-refractivity contribution in [1.82, 2.24) is 9.80 Å². The molecule has 0 N–H and O–H groups in total. The number of carbonyl (C=O) groups excluding carboxylic acids is 1. The molecule has 0 radical (unpaired) electrons. The molecule has 4 heteroatoms. The summed E-state index contributed by atoms with van der Waals surface area (Å²) in [5.41, 5.74) is 2.43. The van der Waals surface area contributed by atoms with Crippen LogP contribution in [0.25, 0.3) is 6.08 Å². The van der Waals surface area contributed by atoms with Gasteiger partial charge in [0.25, 0.3) is 0 Å². The van der Waals surface area contributed by atoms with Crippen LogP contribution in [0.15, 0.2) is 53.2 Å². The summed E-state index contributed by atoms with van der Waals surface area (Å²) in [6.07, 6.45) is 3.57. The van der Waals surface area contributed by atoms with E-state index in [1.807, 2.05) is 41.3 Å². The first-order valence-corrected chi connectivity index (χ1v) is 8.51. The predicted molar refractivity (Wildman–Crippen MR) is 91.7 cm³/mol. The fourth-order valence-electron chi connectivity index (χ4n) is 2.60. The lowest BCUT2D eigenvalue weighted by Gasteiger charge is -2.34. The molecule has 2 aromatic rings. The quantitative estimate of drug-likeness (QED) is 0.810. The largest absolute Gasteiger partial charge is 0.337 e. The molecule has 1 aromatic heterocycles. The van der Waals surface area contributed by atoms with Crippen molar-refractivity contribution < 1.29 is 4.79 Å². The van der Waals surface area contributed by atoms with Gasteiger partial charge in [0.05, 0.1) is 0 Å². The number of benzene rings is 1. The zero-order chi connectivity index (χ0) is 15.2. The van der Waals surface area contributed by atoms with Crippen LogP contribution in [0.3, 0.4) is 0 Å². The molecule has 3 rings (SSSR count). The SMILES string of the molecule is O=C(/C=C/c1ccccc1)N1CCN(Cc2ccsc2)CC1. The number of hydrogen-bond donors (Lipinski definition) is 0. The fraction of sp³-hybridized carbons (Fsp3) is 0.278. The van der Waals surface area contributed by atoms with E-state index in [0.717, 1.165) is 38.3 Å². The molecule has 0 saturated carbocycles. The molecule has 1 amide bonds. The van der Waals surface area contributed by atoms with Gasteiger partial charge in [-0.1, -0.05) is 30.3 Å². The van der Waals surface area contributed by atoms with Crippen LogP contribution in [0.4, 0.5) is 0 Å². The Morgan fingerprint density at radius 1 is 1.09 bits per heavy atom. The Morgan fingerprint density at radius 2 is 1.86 bits per heavy atom. The van der Waals surface area contributed by atoms with E-state index in [-0.39, 0.29) is 5.91 Å². The second kappa shape index (κ2) is 7.38. The minimum Gasteiger partial charge on any atom is -0.337 e. The zero-order valence-corrected chi connectivity index (χ0v) is 13.3. The van der Waals surface area contributed by atoms with E-state index in [2.05, 4.69) is 21.7 Å². The molecule has 1 aromatic carbocycles. The molecule has 1 aliphatic rings. The molecule has 0 spiro atoms. The van der Waals surface area contributed by atoms with E-state index in [4.69, 9.17) is 0 Å². The average Bonchev–Trinajstić information content (AvgIpc) is 3.07. The Hall–Kier alpha value is -1.91. The lowest BCUT2D eigenvalue weighted by Crippen LogP contribution is -2.47. The summed E-state index contributed by atoms with van der Waals surface area (Å²) < 4.78 is 0. The van der Waals surface area contributed by atoms with Gasteiger partial charge in [0.15, 0.2) is 0 Å². The van der Waals surface area contributed by atoms with Crippen LogP contribution in [0.1, 0.15) is 11.1 Å². The van der Waals surface area contributed by atoms with Crippen molar-refractivity contribution in [3.8, 4) is 0 Å². The Labute approximate surface area is 135 Å². The normalized spacial score (nSPS) is 16.3. The van der Waals surface area contributed by atoms with Gasteiger partial charge in [-0.25, -0.2) is 0 Å². The maximum atomic E-state index is 12.2. The number of piperazine rings is 1. The molecular formula is C18H20N2OS. The summed E-state index contributed by atoms with van der Waals surface area (Å²) in [5.74, 6) is 0.110. The van der Waals surface area contributed by atoms with Crippen LogP contribution in [-0.2, 0) is 11.3 Å². The van der Waals surface area contributed by atoms with Gasteiger partial charge >= 0.3 is 0 Å². The van der Waals surface area contributed by atoms with Crippen molar-refractivity contribution in [3.05, 3.63) is 64.4 Å². The minimum atomic E-state index is 0.110. The average molecular weight is 312 g/mol. The highest BCUT2D eigenvalue weighted by Crippen LogP contribution is 2.12. The number of carbonyl (C=O) groups is 1. The highest BCUT2D eigenvalue weighted by Gasteiger charge is 2.19. The minimum absolute atomic E-state index is 0.110. The molecule has 1 fully saturated rings. The van der Waals surface area contributed by atoms with E-state index in [1.54, 1.807) is 17.4 Å². The monoisotopic (exact) mass is 312 g/mol. The van der Waals surface area contributed by atoms with Gasteiger partial charge in [-0.2, -0.15) is 11.3 Å². The van der Waals surface area contributed by atoms with Gasteiger partial charge in [0, 0.05) is 38.8 Å². The van der Waals surface area contributed by atoms with Crippen LogP contribution < -0.4 is 0 Å². The van der Waals surface area contributed by atoms with Gasteiger partial charge in [0.2, 0.25) is 5.91 Å². The first-order chi connectivity index (χ1) is 10.8. The smallest absolute Gasteiger partial charge is 0.246 e. The topological polar surface area (TPSA) is 23.6 Å². The van der Waals surface area contributed by atoms with E-state index in [9.17, 15) is 4.79 Å². The zero-order valence-electron chi connectivity index (χ0n) is 12.5. The van der Waals surface area contributed by atoms with E-state index < -0.39 is 0 Å². The maximum Gasteiger partial charge on any atom is 0.246 e. The molecule has 3 nitrogen and oxygen atoms in total. The first kappa shape index (κ1) is 15.0. The molecule has 0 atom stereocenters. The van der Waals surface area contributed by atoms with Gasteiger partial charge in [-0.3, -0.25) is 9.69 Å². The molecule has 0 aliphatic carbocycles. The van der Waals surface area contributed by atoms with E-state index in [1.165, 1.54) is 5.56 Å². The van der Waals surface area contributed by atoms with Gasteiger partial charge in [0.1, 0.15) is 0 Å². The summed E-state index contributed by atoms with van der Waals surface area (Å²) in [4.78, 5) is 16.6. The Bertz CT molecular complexity index is 614. The second-order valence-electron chi connectivity index (χ2n) is 5.48. The van der Waals surface area contributed by atoms with Crippen LogP contribution in [0.5, 0.6) is 0 Å². The molecule has 0 bridgehead atoms. The van der Waals surface area contributed by atoms with Crippen LogP contribution in [0, 0.1) is 0 Å². The lowest BCUT2D eigenvalue weighted by molar-refractivity contribution is -0.127. The van der Waals surface area contributed by atoms with Crippen molar-refractivity contribution in [2.45, 2.75) is 6.54 Å². The van der Waals surface area contributed by atoms with Crippen molar-refractivity contribution in [1.29, 1.82) is 0 Å².